The Kier molecular flexibility index (Phi) is 5.81. The van der Waals surface area contributed by atoms with Gasteiger partial charge in [0.2, 0.25) is 5.89 Å². The van der Waals surface area contributed by atoms with Gasteiger partial charge < -0.3 is 9.84 Å². The molecule has 1 aliphatic rings. The van der Waals surface area contributed by atoms with Crippen molar-refractivity contribution in [1.29, 1.82) is 0 Å². The lowest BCUT2D eigenvalue weighted by molar-refractivity contribution is 0.0881. The third-order valence-electron chi connectivity index (χ3n) is 4.76. The van der Waals surface area contributed by atoms with E-state index in [9.17, 15) is 4.79 Å². The molecule has 1 aromatic heterocycles. The number of benzene rings is 1. The fraction of sp³-hybridized carbons (Fsp3) is 0.526. The van der Waals surface area contributed by atoms with E-state index in [1.165, 1.54) is 0 Å². The number of aromatic nitrogens is 2. The number of amides is 1. The first-order chi connectivity index (χ1) is 12.2. The van der Waals surface area contributed by atoms with E-state index in [-0.39, 0.29) is 18.0 Å². The summed E-state index contributed by atoms with van der Waals surface area (Å²) in [6.07, 6.45) is 3.72. The summed E-state index contributed by atoms with van der Waals surface area (Å²) in [4.78, 5) is 19.1. The average Bonchev–Trinajstić information content (AvgIpc) is 3.11. The van der Waals surface area contributed by atoms with Crippen molar-refractivity contribution in [3.63, 3.8) is 0 Å². The van der Waals surface area contributed by atoms with Crippen molar-refractivity contribution in [2.24, 2.45) is 0 Å². The lowest BCUT2D eigenvalue weighted by Gasteiger charge is -2.34. The Morgan fingerprint density at radius 2 is 2.04 bits per heavy atom. The Labute approximate surface area is 148 Å². The normalized spacial score (nSPS) is 17.4. The van der Waals surface area contributed by atoms with Gasteiger partial charge in [-0.1, -0.05) is 30.3 Å². The Hall–Kier alpha value is -2.21. The second-order valence-corrected chi connectivity index (χ2v) is 6.62. The lowest BCUT2D eigenvalue weighted by atomic mass is 10.0. The monoisotopic (exact) mass is 342 g/mol. The Balaban J connectivity index is 1.50. The predicted molar refractivity (Wildman–Crippen MR) is 95.2 cm³/mol. The van der Waals surface area contributed by atoms with Gasteiger partial charge in [-0.3, -0.25) is 9.69 Å². The molecule has 0 bridgehead atoms. The van der Waals surface area contributed by atoms with Crippen LogP contribution in [-0.4, -0.2) is 40.1 Å². The van der Waals surface area contributed by atoms with E-state index in [0.29, 0.717) is 11.5 Å². The molecule has 0 saturated carbocycles. The highest BCUT2D eigenvalue weighted by molar-refractivity contribution is 5.94. The van der Waals surface area contributed by atoms with Crippen LogP contribution in [0.5, 0.6) is 0 Å². The molecule has 3 rings (SSSR count). The van der Waals surface area contributed by atoms with Crippen molar-refractivity contribution in [3.05, 3.63) is 47.6 Å². The second kappa shape index (κ2) is 8.25. The van der Waals surface area contributed by atoms with Crippen LogP contribution in [0.3, 0.4) is 0 Å². The highest BCUT2D eigenvalue weighted by Gasteiger charge is 2.27. The Morgan fingerprint density at radius 1 is 1.32 bits per heavy atom. The van der Waals surface area contributed by atoms with E-state index in [1.807, 2.05) is 30.3 Å². The maximum absolute atomic E-state index is 12.3. The summed E-state index contributed by atoms with van der Waals surface area (Å²) in [5, 5.41) is 7.18. The summed E-state index contributed by atoms with van der Waals surface area (Å²) in [6, 6.07) is 9.71. The van der Waals surface area contributed by atoms with Gasteiger partial charge in [0, 0.05) is 31.1 Å². The number of nitrogens with zero attached hydrogens (tertiary/aromatic N) is 3. The molecule has 134 valence electrons. The Morgan fingerprint density at radius 3 is 2.72 bits per heavy atom. The van der Waals surface area contributed by atoms with Crippen LogP contribution >= 0.6 is 0 Å². The first-order valence-corrected chi connectivity index (χ1v) is 9.09. The molecule has 0 spiro atoms. The van der Waals surface area contributed by atoms with E-state index in [4.69, 9.17) is 4.52 Å². The second-order valence-electron chi connectivity index (χ2n) is 6.62. The maximum Gasteiger partial charge on any atom is 0.251 e. The third-order valence-corrected chi connectivity index (χ3v) is 4.76. The van der Waals surface area contributed by atoms with E-state index < -0.39 is 0 Å². The van der Waals surface area contributed by atoms with Gasteiger partial charge in [-0.05, 0) is 38.3 Å². The minimum atomic E-state index is 0.00760. The van der Waals surface area contributed by atoms with Crippen LogP contribution in [-0.2, 0) is 6.42 Å². The van der Waals surface area contributed by atoms with E-state index in [2.05, 4.69) is 34.2 Å². The lowest BCUT2D eigenvalue weighted by Crippen LogP contribution is -2.45. The molecular formula is C19H26N4O2. The molecule has 1 amide bonds. The molecule has 6 heteroatoms. The Bertz CT molecular complexity index is 678. The van der Waals surface area contributed by atoms with Crippen molar-refractivity contribution in [1.82, 2.24) is 20.4 Å². The van der Waals surface area contributed by atoms with Crippen LogP contribution in [0.1, 0.15) is 61.2 Å². The standard InChI is InChI=1S/C19H26N4O2/c1-3-7-17-21-19(25-22-17)14(2)23-12-10-16(11-13-23)20-18(24)15-8-5-4-6-9-15/h4-6,8-9,14,16H,3,7,10-13H2,1-2H3,(H,20,24). The quantitative estimate of drug-likeness (QED) is 0.874. The SMILES string of the molecule is CCCc1noc(C(C)N2CCC(NC(=O)c3ccccc3)CC2)n1. The minimum Gasteiger partial charge on any atom is -0.349 e. The van der Waals surface area contributed by atoms with Crippen molar-refractivity contribution in [2.45, 2.75) is 51.6 Å². The molecule has 2 aromatic rings. The van der Waals surface area contributed by atoms with Crippen molar-refractivity contribution in [2.75, 3.05) is 13.1 Å². The molecular weight excluding hydrogens is 316 g/mol. The van der Waals surface area contributed by atoms with Crippen LogP contribution in [0.2, 0.25) is 0 Å². The molecule has 1 fully saturated rings. The number of hydrogen-bond donors (Lipinski definition) is 1. The summed E-state index contributed by atoms with van der Waals surface area (Å²) < 4.78 is 5.41. The molecule has 6 nitrogen and oxygen atoms in total. The number of aryl methyl sites for hydroxylation is 1. The average molecular weight is 342 g/mol. The van der Waals surface area contributed by atoms with Gasteiger partial charge in [0.1, 0.15) is 0 Å². The van der Waals surface area contributed by atoms with Gasteiger partial charge in [0.25, 0.3) is 5.91 Å². The van der Waals surface area contributed by atoms with Crippen LogP contribution in [0, 0.1) is 0 Å². The molecule has 1 saturated heterocycles. The van der Waals surface area contributed by atoms with Gasteiger partial charge in [0.05, 0.1) is 6.04 Å². The van der Waals surface area contributed by atoms with Crippen LogP contribution in [0.15, 0.2) is 34.9 Å². The highest BCUT2D eigenvalue weighted by atomic mass is 16.5. The topological polar surface area (TPSA) is 71.3 Å². The zero-order valence-electron chi connectivity index (χ0n) is 14.9. The minimum absolute atomic E-state index is 0.00760. The van der Waals surface area contributed by atoms with Crippen molar-refractivity contribution in [3.8, 4) is 0 Å². The summed E-state index contributed by atoms with van der Waals surface area (Å²) in [7, 11) is 0. The number of carbonyl (C=O) groups is 1. The van der Waals surface area contributed by atoms with Gasteiger partial charge in [-0.25, -0.2) is 0 Å². The molecule has 2 heterocycles. The molecule has 25 heavy (non-hydrogen) atoms. The molecule has 0 aliphatic carbocycles. The van der Waals surface area contributed by atoms with Gasteiger partial charge in [0.15, 0.2) is 5.82 Å². The summed E-state index contributed by atoms with van der Waals surface area (Å²) >= 11 is 0. The largest absolute Gasteiger partial charge is 0.349 e. The summed E-state index contributed by atoms with van der Waals surface area (Å²) in [5.41, 5.74) is 0.715. The molecule has 1 N–H and O–H groups in total. The summed E-state index contributed by atoms with van der Waals surface area (Å²) in [5.74, 6) is 1.48. The van der Waals surface area contributed by atoms with E-state index in [1.54, 1.807) is 0 Å². The first-order valence-electron chi connectivity index (χ1n) is 9.09. The highest BCUT2D eigenvalue weighted by Crippen LogP contribution is 2.23. The number of hydrogen-bond acceptors (Lipinski definition) is 5. The van der Waals surface area contributed by atoms with E-state index >= 15 is 0 Å². The fourth-order valence-electron chi connectivity index (χ4n) is 3.21. The predicted octanol–water partition coefficient (Wildman–Crippen LogP) is 2.98. The number of piperidine rings is 1. The zero-order valence-corrected chi connectivity index (χ0v) is 14.9. The summed E-state index contributed by atoms with van der Waals surface area (Å²) in [6.45, 7) is 6.03. The number of likely N-dealkylation sites (tertiary alicyclic amines) is 1. The number of rotatable bonds is 6. The molecule has 1 atom stereocenters. The number of carbonyl (C=O) groups excluding carboxylic acids is 1. The van der Waals surface area contributed by atoms with Gasteiger partial charge in [-0.15, -0.1) is 0 Å². The van der Waals surface area contributed by atoms with Crippen LogP contribution in [0.4, 0.5) is 0 Å². The molecule has 1 aliphatic heterocycles. The maximum atomic E-state index is 12.3. The van der Waals surface area contributed by atoms with E-state index in [0.717, 1.165) is 44.6 Å². The smallest absolute Gasteiger partial charge is 0.251 e. The third kappa shape index (κ3) is 4.45. The van der Waals surface area contributed by atoms with Crippen molar-refractivity contribution >= 4 is 5.91 Å². The van der Waals surface area contributed by atoms with Crippen LogP contribution < -0.4 is 5.32 Å². The molecule has 1 aromatic carbocycles. The molecule has 0 radical (unpaired) electrons. The fourth-order valence-corrected chi connectivity index (χ4v) is 3.21. The number of nitrogens with one attached hydrogen (secondary N) is 1. The van der Waals surface area contributed by atoms with Gasteiger partial charge >= 0.3 is 0 Å². The van der Waals surface area contributed by atoms with Gasteiger partial charge in [-0.2, -0.15) is 4.98 Å². The van der Waals surface area contributed by atoms with Crippen LogP contribution in [0.25, 0.3) is 0 Å². The zero-order chi connectivity index (χ0) is 17.6. The van der Waals surface area contributed by atoms with Crippen molar-refractivity contribution < 1.29 is 9.32 Å². The first kappa shape index (κ1) is 17.6. The molecule has 1 unspecified atom stereocenters.